The van der Waals surface area contributed by atoms with E-state index in [2.05, 4.69) is 33.0 Å². The van der Waals surface area contributed by atoms with Gasteiger partial charge in [0.15, 0.2) is 0 Å². The SMILES string of the molecule is CC(C)CCCOCC(O)CNC(CCO)C(C)C. The predicted octanol–water partition coefficient (Wildman–Crippen LogP) is 1.80. The van der Waals surface area contributed by atoms with Crippen LogP contribution in [0.2, 0.25) is 0 Å². The van der Waals surface area contributed by atoms with Crippen LogP contribution >= 0.6 is 0 Å². The summed E-state index contributed by atoms with van der Waals surface area (Å²) in [5.74, 6) is 1.16. The first-order chi connectivity index (χ1) is 8.97. The molecule has 3 N–H and O–H groups in total. The molecule has 4 heteroatoms. The molecule has 0 saturated carbocycles. The van der Waals surface area contributed by atoms with Crippen LogP contribution in [0.25, 0.3) is 0 Å². The molecule has 0 aliphatic rings. The van der Waals surface area contributed by atoms with Gasteiger partial charge in [0.05, 0.1) is 12.7 Å². The molecule has 0 spiro atoms. The van der Waals surface area contributed by atoms with E-state index in [1.807, 2.05) is 0 Å². The molecule has 0 aliphatic carbocycles. The van der Waals surface area contributed by atoms with Crippen LogP contribution in [0.15, 0.2) is 0 Å². The molecule has 0 heterocycles. The summed E-state index contributed by atoms with van der Waals surface area (Å²) in [5.41, 5.74) is 0. The fraction of sp³-hybridized carbons (Fsp3) is 1.00. The normalized spacial score (nSPS) is 15.2. The second kappa shape index (κ2) is 11.6. The first-order valence-corrected chi connectivity index (χ1v) is 7.57. The number of hydrogen-bond donors (Lipinski definition) is 3. The van der Waals surface area contributed by atoms with Gasteiger partial charge in [-0.1, -0.05) is 27.7 Å². The van der Waals surface area contributed by atoms with Gasteiger partial charge in [-0.2, -0.15) is 0 Å². The van der Waals surface area contributed by atoms with Gasteiger partial charge in [0.1, 0.15) is 0 Å². The molecule has 19 heavy (non-hydrogen) atoms. The predicted molar refractivity (Wildman–Crippen MR) is 79.2 cm³/mol. The van der Waals surface area contributed by atoms with Crippen molar-refractivity contribution in [3.8, 4) is 0 Å². The second-order valence-corrected chi connectivity index (χ2v) is 6.04. The van der Waals surface area contributed by atoms with Gasteiger partial charge in [0.25, 0.3) is 0 Å². The lowest BCUT2D eigenvalue weighted by Crippen LogP contribution is -2.40. The molecule has 116 valence electrons. The third-order valence-corrected chi connectivity index (χ3v) is 3.24. The molecule has 0 aromatic heterocycles. The molecule has 2 unspecified atom stereocenters. The molecule has 4 nitrogen and oxygen atoms in total. The minimum Gasteiger partial charge on any atom is -0.396 e. The molecule has 0 aliphatic heterocycles. The van der Waals surface area contributed by atoms with Crippen molar-refractivity contribution in [1.29, 1.82) is 0 Å². The Bertz CT molecular complexity index is 198. The molecule has 0 fully saturated rings. The summed E-state index contributed by atoms with van der Waals surface area (Å²) >= 11 is 0. The van der Waals surface area contributed by atoms with Crippen LogP contribution in [0.5, 0.6) is 0 Å². The van der Waals surface area contributed by atoms with Crippen LogP contribution < -0.4 is 5.32 Å². The van der Waals surface area contributed by atoms with E-state index in [1.54, 1.807) is 0 Å². The molecule has 0 amide bonds. The first kappa shape index (κ1) is 18.8. The third-order valence-electron chi connectivity index (χ3n) is 3.24. The quantitative estimate of drug-likeness (QED) is 0.475. The molecular weight excluding hydrogens is 242 g/mol. The van der Waals surface area contributed by atoms with Crippen LogP contribution in [0.3, 0.4) is 0 Å². The summed E-state index contributed by atoms with van der Waals surface area (Å²) in [6, 6.07) is 0.251. The van der Waals surface area contributed by atoms with Gasteiger partial charge in [-0.3, -0.25) is 0 Å². The van der Waals surface area contributed by atoms with Crippen LogP contribution in [0.4, 0.5) is 0 Å². The zero-order chi connectivity index (χ0) is 14.7. The van der Waals surface area contributed by atoms with Crippen LogP contribution in [-0.4, -0.2) is 48.7 Å². The minimum atomic E-state index is -0.473. The minimum absolute atomic E-state index is 0.178. The zero-order valence-electron chi connectivity index (χ0n) is 13.1. The summed E-state index contributed by atoms with van der Waals surface area (Å²) < 4.78 is 5.46. The molecule has 0 aromatic rings. The highest BCUT2D eigenvalue weighted by atomic mass is 16.5. The number of aliphatic hydroxyl groups is 2. The molecule has 0 bridgehead atoms. The van der Waals surface area contributed by atoms with Crippen LogP contribution in [-0.2, 0) is 4.74 Å². The van der Waals surface area contributed by atoms with E-state index in [1.165, 1.54) is 6.42 Å². The van der Waals surface area contributed by atoms with Gasteiger partial charge in [-0.05, 0) is 31.1 Å². The van der Waals surface area contributed by atoms with Crippen molar-refractivity contribution in [2.75, 3.05) is 26.4 Å². The van der Waals surface area contributed by atoms with E-state index >= 15 is 0 Å². The van der Waals surface area contributed by atoms with Crippen LogP contribution in [0.1, 0.15) is 47.0 Å². The lowest BCUT2D eigenvalue weighted by Gasteiger charge is -2.23. The zero-order valence-corrected chi connectivity index (χ0v) is 13.1. The maximum Gasteiger partial charge on any atom is 0.0897 e. The highest BCUT2D eigenvalue weighted by Crippen LogP contribution is 2.06. The molecule has 0 radical (unpaired) electrons. The van der Waals surface area contributed by atoms with E-state index in [0.717, 1.165) is 19.4 Å². The lowest BCUT2D eigenvalue weighted by atomic mass is 10.0. The van der Waals surface area contributed by atoms with Crippen LogP contribution in [0, 0.1) is 11.8 Å². The average Bonchev–Trinajstić information content (AvgIpc) is 2.33. The fourth-order valence-electron chi connectivity index (χ4n) is 1.97. The van der Waals surface area contributed by atoms with Crippen molar-refractivity contribution >= 4 is 0 Å². The Hall–Kier alpha value is -0.160. The van der Waals surface area contributed by atoms with Gasteiger partial charge < -0.3 is 20.3 Å². The Morgan fingerprint density at radius 3 is 2.32 bits per heavy atom. The Morgan fingerprint density at radius 2 is 1.79 bits per heavy atom. The standard InChI is InChI=1S/C15H33NO3/c1-12(2)6-5-9-19-11-14(18)10-16-15(7-8-17)13(3)4/h12-18H,5-11H2,1-4H3. The van der Waals surface area contributed by atoms with Crippen molar-refractivity contribution < 1.29 is 14.9 Å². The van der Waals surface area contributed by atoms with Gasteiger partial charge in [-0.25, -0.2) is 0 Å². The summed E-state index contributed by atoms with van der Waals surface area (Å²) in [6.07, 6.45) is 2.47. The molecule has 0 rings (SSSR count). The summed E-state index contributed by atoms with van der Waals surface area (Å²) in [4.78, 5) is 0. The summed E-state index contributed by atoms with van der Waals surface area (Å²) in [6.45, 7) is 10.4. The molecule has 0 aromatic carbocycles. The second-order valence-electron chi connectivity index (χ2n) is 6.04. The molecule has 0 saturated heterocycles. The van der Waals surface area contributed by atoms with Gasteiger partial charge in [0, 0.05) is 25.8 Å². The number of hydrogen-bond acceptors (Lipinski definition) is 4. The highest BCUT2D eigenvalue weighted by Gasteiger charge is 2.14. The van der Waals surface area contributed by atoms with E-state index in [-0.39, 0.29) is 12.6 Å². The van der Waals surface area contributed by atoms with Crippen molar-refractivity contribution in [2.24, 2.45) is 11.8 Å². The average molecular weight is 275 g/mol. The number of rotatable bonds is 12. The van der Waals surface area contributed by atoms with E-state index in [9.17, 15) is 5.11 Å². The van der Waals surface area contributed by atoms with E-state index in [4.69, 9.17) is 9.84 Å². The van der Waals surface area contributed by atoms with Crippen molar-refractivity contribution in [2.45, 2.75) is 59.1 Å². The number of nitrogens with one attached hydrogen (secondary N) is 1. The molecular formula is C15H33NO3. The highest BCUT2D eigenvalue weighted by molar-refractivity contribution is 4.72. The number of aliphatic hydroxyl groups excluding tert-OH is 2. The van der Waals surface area contributed by atoms with Crippen molar-refractivity contribution in [3.05, 3.63) is 0 Å². The summed E-state index contributed by atoms with van der Waals surface area (Å²) in [7, 11) is 0. The topological polar surface area (TPSA) is 61.7 Å². The smallest absolute Gasteiger partial charge is 0.0897 e. The van der Waals surface area contributed by atoms with E-state index in [0.29, 0.717) is 25.0 Å². The van der Waals surface area contributed by atoms with Gasteiger partial charge in [-0.15, -0.1) is 0 Å². The third kappa shape index (κ3) is 11.4. The first-order valence-electron chi connectivity index (χ1n) is 7.57. The van der Waals surface area contributed by atoms with Crippen molar-refractivity contribution in [3.63, 3.8) is 0 Å². The van der Waals surface area contributed by atoms with Gasteiger partial charge in [0.2, 0.25) is 0 Å². The van der Waals surface area contributed by atoms with Gasteiger partial charge >= 0.3 is 0 Å². The monoisotopic (exact) mass is 275 g/mol. The maximum absolute atomic E-state index is 9.81. The largest absolute Gasteiger partial charge is 0.396 e. The lowest BCUT2D eigenvalue weighted by molar-refractivity contribution is 0.0321. The Balaban J connectivity index is 3.59. The Morgan fingerprint density at radius 1 is 1.11 bits per heavy atom. The summed E-state index contributed by atoms with van der Waals surface area (Å²) in [5, 5.41) is 22.1. The fourth-order valence-corrected chi connectivity index (χ4v) is 1.97. The Labute approximate surface area is 118 Å². The maximum atomic E-state index is 9.81. The Kier molecular flexibility index (Phi) is 11.6. The molecule has 2 atom stereocenters. The van der Waals surface area contributed by atoms with Crippen molar-refractivity contribution in [1.82, 2.24) is 5.32 Å². The number of ether oxygens (including phenoxy) is 1. The van der Waals surface area contributed by atoms with E-state index < -0.39 is 6.10 Å².